The number of methoxy groups -OCH3 is 1. The van der Waals surface area contributed by atoms with Crippen molar-refractivity contribution in [2.24, 2.45) is 0 Å². The predicted molar refractivity (Wildman–Crippen MR) is 135 cm³/mol. The molecule has 2 aliphatic heterocycles. The molecular weight excluding hydrogens is 519 g/mol. The average molecular weight is 543 g/mol. The van der Waals surface area contributed by atoms with Crippen LogP contribution in [0, 0.1) is 5.82 Å². The minimum Gasteiger partial charge on any atom is -0.467 e. The van der Waals surface area contributed by atoms with Crippen LogP contribution in [0.25, 0.3) is 11.0 Å². The highest BCUT2D eigenvalue weighted by Gasteiger charge is 2.32. The van der Waals surface area contributed by atoms with E-state index in [4.69, 9.17) is 21.1 Å². The van der Waals surface area contributed by atoms with Gasteiger partial charge in [0.15, 0.2) is 5.69 Å². The summed E-state index contributed by atoms with van der Waals surface area (Å²) >= 11 is 6.58. The number of aryl methyl sites for hydroxylation is 1. The first-order valence-electron chi connectivity index (χ1n) is 12.1. The summed E-state index contributed by atoms with van der Waals surface area (Å²) in [5.74, 6) is -0.221. The second kappa shape index (κ2) is 9.40. The Bertz CT molecular complexity index is 1630. The summed E-state index contributed by atoms with van der Waals surface area (Å²) in [6, 6.07) is 3.12. The zero-order valence-electron chi connectivity index (χ0n) is 20.6. The molecule has 3 aromatic heterocycles. The quantitative estimate of drug-likeness (QED) is 0.356. The number of carbonyl (C=O) groups is 1. The Hall–Kier alpha value is -3.97. The second-order valence-electron chi connectivity index (χ2n) is 9.12. The maximum absolute atomic E-state index is 14.3. The van der Waals surface area contributed by atoms with Crippen molar-refractivity contribution in [3.8, 4) is 6.01 Å². The van der Waals surface area contributed by atoms with Gasteiger partial charge >= 0.3 is 11.7 Å². The fraction of sp³-hybridized carbons (Fsp3) is 0.375. The van der Waals surface area contributed by atoms with E-state index < -0.39 is 17.6 Å². The van der Waals surface area contributed by atoms with E-state index in [1.807, 2.05) is 0 Å². The average Bonchev–Trinajstić information content (AvgIpc) is 3.38. The van der Waals surface area contributed by atoms with Crippen LogP contribution in [0.4, 0.5) is 10.2 Å². The predicted octanol–water partition coefficient (Wildman–Crippen LogP) is 2.23. The molecule has 1 atom stereocenters. The fourth-order valence-electron chi connectivity index (χ4n) is 5.09. The number of aromatic nitrogens is 6. The summed E-state index contributed by atoms with van der Waals surface area (Å²) in [5, 5.41) is 7.29. The third-order valence-corrected chi connectivity index (χ3v) is 7.32. The lowest BCUT2D eigenvalue weighted by atomic mass is 9.98. The molecule has 0 aliphatic carbocycles. The minimum absolute atomic E-state index is 0.108. The molecule has 38 heavy (non-hydrogen) atoms. The monoisotopic (exact) mass is 542 g/mol. The number of nitrogens with zero attached hydrogens (tertiary/aromatic N) is 5. The molecule has 1 amide bonds. The first-order chi connectivity index (χ1) is 18.4. The highest BCUT2D eigenvalue weighted by Crippen LogP contribution is 2.38. The summed E-state index contributed by atoms with van der Waals surface area (Å²) in [7, 11) is 3.03. The Balaban J connectivity index is 1.37. The number of amides is 1. The molecule has 1 unspecified atom stereocenters. The molecule has 0 spiro atoms. The molecule has 198 valence electrons. The highest BCUT2D eigenvalue weighted by atomic mass is 35.5. The van der Waals surface area contributed by atoms with Crippen molar-refractivity contribution in [2.45, 2.75) is 38.6 Å². The largest absolute Gasteiger partial charge is 0.467 e. The second-order valence-corrected chi connectivity index (χ2v) is 9.49. The number of ether oxygens (including phenoxy) is 2. The van der Waals surface area contributed by atoms with Crippen LogP contribution >= 0.6 is 11.6 Å². The zero-order valence-corrected chi connectivity index (χ0v) is 21.4. The van der Waals surface area contributed by atoms with Gasteiger partial charge in [0.1, 0.15) is 17.2 Å². The molecule has 12 nitrogen and oxygen atoms in total. The number of halogens is 2. The van der Waals surface area contributed by atoms with Crippen LogP contribution in [-0.4, -0.2) is 56.3 Å². The number of hydrogen-bond acceptors (Lipinski definition) is 8. The number of nitrogens with one attached hydrogen (secondary N) is 3. The summed E-state index contributed by atoms with van der Waals surface area (Å²) in [6.45, 7) is 1.83. The Labute approximate surface area is 220 Å². The molecule has 0 fully saturated rings. The number of aromatic amines is 2. The van der Waals surface area contributed by atoms with Gasteiger partial charge in [-0.2, -0.15) is 15.1 Å². The van der Waals surface area contributed by atoms with Gasteiger partial charge in [0.05, 0.1) is 48.3 Å². The lowest BCUT2D eigenvalue weighted by molar-refractivity contribution is 0.0265. The molecule has 4 aromatic rings. The Morgan fingerprint density at radius 2 is 2.08 bits per heavy atom. The zero-order chi connectivity index (χ0) is 26.6. The van der Waals surface area contributed by atoms with E-state index in [9.17, 15) is 14.0 Å². The molecule has 0 bridgehead atoms. The van der Waals surface area contributed by atoms with E-state index in [1.54, 1.807) is 10.7 Å². The molecule has 0 saturated carbocycles. The molecule has 2 aliphatic rings. The van der Waals surface area contributed by atoms with Gasteiger partial charge in [-0.1, -0.05) is 17.7 Å². The van der Waals surface area contributed by atoms with Crippen LogP contribution in [0.3, 0.4) is 0 Å². The van der Waals surface area contributed by atoms with Crippen molar-refractivity contribution >= 4 is 34.4 Å². The van der Waals surface area contributed by atoms with E-state index >= 15 is 0 Å². The normalized spacial score (nSPS) is 17.2. The highest BCUT2D eigenvalue weighted by molar-refractivity contribution is 6.34. The van der Waals surface area contributed by atoms with E-state index in [0.717, 1.165) is 17.7 Å². The van der Waals surface area contributed by atoms with Gasteiger partial charge in [-0.3, -0.25) is 9.48 Å². The van der Waals surface area contributed by atoms with Gasteiger partial charge in [0.25, 0.3) is 5.91 Å². The van der Waals surface area contributed by atoms with Crippen molar-refractivity contribution in [3.63, 3.8) is 0 Å². The van der Waals surface area contributed by atoms with Crippen molar-refractivity contribution < 1.29 is 18.7 Å². The number of fused-ring (bicyclic) bond motifs is 3. The summed E-state index contributed by atoms with van der Waals surface area (Å²) in [5.41, 5.74) is 3.07. The smallest absolute Gasteiger partial charge is 0.323 e. The number of hydrogen-bond donors (Lipinski definition) is 3. The molecule has 0 saturated heterocycles. The third-order valence-electron chi connectivity index (χ3n) is 6.93. The molecule has 1 aromatic carbocycles. The molecule has 0 radical (unpaired) electrons. The van der Waals surface area contributed by atoms with E-state index in [0.29, 0.717) is 53.7 Å². The maximum Gasteiger partial charge on any atom is 0.323 e. The minimum atomic E-state index is -0.525. The van der Waals surface area contributed by atoms with Crippen LogP contribution in [0.5, 0.6) is 6.01 Å². The number of carbonyl (C=O) groups excluding carboxylic acids is 1. The Morgan fingerprint density at radius 1 is 1.26 bits per heavy atom. The molecule has 5 heterocycles. The van der Waals surface area contributed by atoms with E-state index in [1.165, 1.54) is 20.2 Å². The molecular formula is C24H24ClFN8O4. The summed E-state index contributed by atoms with van der Waals surface area (Å²) in [4.78, 5) is 40.6. The SMILES string of the molecule is CNC(=O)c1nn2c(c1Cl)CN(c1nc(OC)nc3c1COC(c1ccc(F)c4[nH]c(=O)[nH]c14)C3)CCC2. The lowest BCUT2D eigenvalue weighted by Gasteiger charge is -2.30. The Morgan fingerprint density at radius 3 is 2.87 bits per heavy atom. The van der Waals surface area contributed by atoms with Crippen molar-refractivity contribution in [3.05, 3.63) is 61.7 Å². The first-order valence-corrected chi connectivity index (χ1v) is 12.4. The van der Waals surface area contributed by atoms with Crippen molar-refractivity contribution in [1.82, 2.24) is 35.0 Å². The molecule has 6 rings (SSSR count). The standard InChI is InChI=1S/C24H24ClFN8O4/c1-27-22(35)20-17(25)15-9-33(6-3-7-34(15)32-20)21-12-10-38-16(8-14(12)28-24(31-21)37-2)11-4-5-13(26)19-18(11)29-23(36)30-19/h4-5,16H,3,6-10H2,1-2H3,(H,27,35)(H2,29,30,36). The lowest BCUT2D eigenvalue weighted by Crippen LogP contribution is -2.28. The summed E-state index contributed by atoms with van der Waals surface area (Å²) < 4.78 is 27.7. The number of imidazole rings is 1. The third kappa shape index (κ3) is 3.98. The molecule has 14 heteroatoms. The van der Waals surface area contributed by atoms with Crippen LogP contribution in [0.15, 0.2) is 16.9 Å². The molecule has 3 N–H and O–H groups in total. The van der Waals surface area contributed by atoms with Gasteiger partial charge in [-0.15, -0.1) is 0 Å². The number of rotatable bonds is 4. The maximum atomic E-state index is 14.3. The number of H-pyrrole nitrogens is 2. The van der Waals surface area contributed by atoms with Gasteiger partial charge in [-0.25, -0.2) is 9.18 Å². The number of anilines is 1. The van der Waals surface area contributed by atoms with Crippen LogP contribution in [-0.2, 0) is 30.9 Å². The van der Waals surface area contributed by atoms with Crippen LogP contribution in [0.2, 0.25) is 5.02 Å². The van der Waals surface area contributed by atoms with Gasteiger partial charge in [0.2, 0.25) is 0 Å². The van der Waals surface area contributed by atoms with Gasteiger partial charge < -0.3 is 29.7 Å². The Kier molecular flexibility index (Phi) is 6.03. The van der Waals surface area contributed by atoms with Gasteiger partial charge in [-0.05, 0) is 12.5 Å². The van der Waals surface area contributed by atoms with Crippen molar-refractivity contribution in [1.29, 1.82) is 0 Å². The van der Waals surface area contributed by atoms with Crippen molar-refractivity contribution in [2.75, 3.05) is 25.6 Å². The van der Waals surface area contributed by atoms with E-state index in [-0.39, 0.29) is 29.7 Å². The number of benzene rings is 1. The topological polar surface area (TPSA) is 143 Å². The van der Waals surface area contributed by atoms with E-state index in [2.05, 4.69) is 35.3 Å². The first kappa shape index (κ1) is 24.4. The van der Waals surface area contributed by atoms with Gasteiger partial charge in [0, 0.05) is 37.7 Å². The summed E-state index contributed by atoms with van der Waals surface area (Å²) in [6.07, 6.45) is 0.638. The van der Waals surface area contributed by atoms with Crippen LogP contribution < -0.4 is 20.6 Å². The fourth-order valence-corrected chi connectivity index (χ4v) is 5.37. The van der Waals surface area contributed by atoms with Crippen LogP contribution in [0.1, 0.15) is 45.5 Å².